The van der Waals surface area contributed by atoms with Crippen molar-refractivity contribution in [2.24, 2.45) is 0 Å². The lowest BCUT2D eigenvalue weighted by molar-refractivity contribution is 0.523. The molecule has 0 bridgehead atoms. The zero-order chi connectivity index (χ0) is 19.7. The Hall–Kier alpha value is -1.77. The first-order chi connectivity index (χ1) is 12.7. The number of hydrogen-bond donors (Lipinski definition) is 1. The van der Waals surface area contributed by atoms with Gasteiger partial charge in [-0.25, -0.2) is 16.8 Å². The van der Waals surface area contributed by atoms with Crippen molar-refractivity contribution in [1.29, 1.82) is 0 Å². The Morgan fingerprint density at radius 3 is 2.41 bits per heavy atom. The van der Waals surface area contributed by atoms with Gasteiger partial charge in [-0.3, -0.25) is 4.98 Å². The standard InChI is InChI=1S/C19H24N2O4S2/c1-14(2)15-6-8-17(9-7-15)27(24,25)19-13-26(22,23)12-18(19)21-11-16-5-3-4-10-20-16/h3-10,14,18-19,21H,11-13H2,1-2H3/t18-,19-/m0/s1. The molecular formula is C19H24N2O4S2. The molecule has 1 aliphatic heterocycles. The second kappa shape index (κ2) is 7.69. The molecule has 1 aromatic heterocycles. The van der Waals surface area contributed by atoms with E-state index in [2.05, 4.69) is 10.3 Å². The van der Waals surface area contributed by atoms with Gasteiger partial charge in [0.15, 0.2) is 19.7 Å². The summed E-state index contributed by atoms with van der Waals surface area (Å²) in [6, 6.07) is 11.5. The van der Waals surface area contributed by atoms with Crippen LogP contribution in [0.1, 0.15) is 31.0 Å². The lowest BCUT2D eigenvalue weighted by Gasteiger charge is -2.20. The summed E-state index contributed by atoms with van der Waals surface area (Å²) < 4.78 is 50.5. The van der Waals surface area contributed by atoms with Crippen molar-refractivity contribution < 1.29 is 16.8 Å². The van der Waals surface area contributed by atoms with Gasteiger partial charge in [0.2, 0.25) is 0 Å². The minimum absolute atomic E-state index is 0.165. The lowest BCUT2D eigenvalue weighted by Crippen LogP contribution is -2.43. The Morgan fingerprint density at radius 2 is 1.81 bits per heavy atom. The number of sulfone groups is 2. The lowest BCUT2D eigenvalue weighted by atomic mass is 10.0. The maximum absolute atomic E-state index is 13.1. The summed E-state index contributed by atoms with van der Waals surface area (Å²) in [5, 5.41) is 2.08. The van der Waals surface area contributed by atoms with Crippen LogP contribution in [-0.4, -0.2) is 44.6 Å². The Labute approximate surface area is 160 Å². The smallest absolute Gasteiger partial charge is 0.183 e. The van der Waals surface area contributed by atoms with Crippen molar-refractivity contribution in [3.63, 3.8) is 0 Å². The van der Waals surface area contributed by atoms with Crippen molar-refractivity contribution in [3.05, 3.63) is 59.9 Å². The SMILES string of the molecule is CC(C)c1ccc(S(=O)(=O)[C@H]2CS(=O)(=O)C[C@@H]2NCc2ccccn2)cc1. The molecule has 0 radical (unpaired) electrons. The van der Waals surface area contributed by atoms with Gasteiger partial charge in [-0.05, 0) is 35.7 Å². The fraction of sp³-hybridized carbons (Fsp3) is 0.421. The molecule has 0 amide bonds. The maximum Gasteiger partial charge on any atom is 0.183 e. The number of rotatable bonds is 6. The van der Waals surface area contributed by atoms with Gasteiger partial charge < -0.3 is 5.32 Å². The summed E-state index contributed by atoms with van der Waals surface area (Å²) in [6.07, 6.45) is 1.65. The van der Waals surface area contributed by atoms with Crippen LogP contribution in [0.3, 0.4) is 0 Å². The summed E-state index contributed by atoms with van der Waals surface area (Å²) >= 11 is 0. The monoisotopic (exact) mass is 408 g/mol. The molecule has 3 rings (SSSR count). The maximum atomic E-state index is 13.1. The van der Waals surface area contributed by atoms with E-state index in [9.17, 15) is 16.8 Å². The molecule has 1 aliphatic rings. The highest BCUT2D eigenvalue weighted by Crippen LogP contribution is 2.27. The second-order valence-corrected chi connectivity index (χ2v) is 11.5. The largest absolute Gasteiger partial charge is 0.306 e. The average molecular weight is 409 g/mol. The summed E-state index contributed by atoms with van der Waals surface area (Å²) in [6.45, 7) is 4.38. The molecule has 0 spiro atoms. The molecule has 1 saturated heterocycles. The topological polar surface area (TPSA) is 93.2 Å². The number of hydrogen-bond acceptors (Lipinski definition) is 6. The van der Waals surface area contributed by atoms with E-state index in [0.717, 1.165) is 11.3 Å². The van der Waals surface area contributed by atoms with Crippen molar-refractivity contribution >= 4 is 19.7 Å². The fourth-order valence-corrected chi connectivity index (χ4v) is 7.98. The molecule has 2 aromatic rings. The highest BCUT2D eigenvalue weighted by atomic mass is 32.2. The predicted octanol–water partition coefficient (Wildman–Crippen LogP) is 1.93. The number of nitrogens with zero attached hydrogens (tertiary/aromatic N) is 1. The van der Waals surface area contributed by atoms with Crippen LogP contribution < -0.4 is 5.32 Å². The van der Waals surface area contributed by atoms with Crippen molar-refractivity contribution in [2.45, 2.75) is 42.5 Å². The van der Waals surface area contributed by atoms with Crippen molar-refractivity contribution in [2.75, 3.05) is 11.5 Å². The van der Waals surface area contributed by atoms with Crippen LogP contribution >= 0.6 is 0 Å². The molecule has 2 atom stereocenters. The molecule has 27 heavy (non-hydrogen) atoms. The highest BCUT2D eigenvalue weighted by molar-refractivity contribution is 7.96. The first-order valence-electron chi connectivity index (χ1n) is 8.86. The van der Waals surface area contributed by atoms with Gasteiger partial charge >= 0.3 is 0 Å². The van der Waals surface area contributed by atoms with Crippen molar-refractivity contribution in [1.82, 2.24) is 10.3 Å². The normalized spacial score (nSPS) is 22.2. The molecule has 1 N–H and O–H groups in total. The van der Waals surface area contributed by atoms with Gasteiger partial charge in [0.1, 0.15) is 0 Å². The predicted molar refractivity (Wildman–Crippen MR) is 105 cm³/mol. The summed E-state index contributed by atoms with van der Waals surface area (Å²) in [5.41, 5.74) is 1.78. The third kappa shape index (κ3) is 4.56. The van der Waals surface area contributed by atoms with E-state index < -0.39 is 31.0 Å². The van der Waals surface area contributed by atoms with Crippen LogP contribution in [0.4, 0.5) is 0 Å². The van der Waals surface area contributed by atoms with E-state index in [-0.39, 0.29) is 16.4 Å². The molecule has 0 saturated carbocycles. The van der Waals surface area contributed by atoms with Gasteiger partial charge in [0, 0.05) is 18.8 Å². The van der Waals surface area contributed by atoms with E-state index >= 15 is 0 Å². The fourth-order valence-electron chi connectivity index (χ4n) is 3.27. The molecule has 1 fully saturated rings. The van der Waals surface area contributed by atoms with E-state index in [0.29, 0.717) is 12.5 Å². The Balaban J connectivity index is 1.84. The molecule has 0 unspecified atom stereocenters. The first-order valence-corrected chi connectivity index (χ1v) is 12.2. The van der Waals surface area contributed by atoms with Gasteiger partial charge in [0.25, 0.3) is 0 Å². The van der Waals surface area contributed by atoms with Gasteiger partial charge in [-0.2, -0.15) is 0 Å². The van der Waals surface area contributed by atoms with Crippen LogP contribution in [-0.2, 0) is 26.2 Å². The average Bonchev–Trinajstić information content (AvgIpc) is 2.96. The molecule has 146 valence electrons. The van der Waals surface area contributed by atoms with Gasteiger partial charge in [-0.15, -0.1) is 0 Å². The molecule has 2 heterocycles. The van der Waals surface area contributed by atoms with Crippen LogP contribution in [0.2, 0.25) is 0 Å². The van der Waals surface area contributed by atoms with Gasteiger partial charge in [-0.1, -0.05) is 32.0 Å². The minimum atomic E-state index is -3.77. The number of aromatic nitrogens is 1. The van der Waals surface area contributed by atoms with E-state index in [1.165, 1.54) is 0 Å². The first kappa shape index (κ1) is 20.0. The van der Waals surface area contributed by atoms with E-state index in [1.807, 2.05) is 26.0 Å². The van der Waals surface area contributed by atoms with Gasteiger partial charge in [0.05, 0.1) is 27.3 Å². The number of benzene rings is 1. The van der Waals surface area contributed by atoms with Crippen LogP contribution in [0, 0.1) is 0 Å². The second-order valence-electron chi connectivity index (χ2n) is 7.19. The summed E-state index contributed by atoms with van der Waals surface area (Å²) in [4.78, 5) is 4.35. The number of pyridine rings is 1. The Morgan fingerprint density at radius 1 is 1.11 bits per heavy atom. The van der Waals surface area contributed by atoms with Crippen LogP contribution in [0.25, 0.3) is 0 Å². The third-order valence-electron chi connectivity index (χ3n) is 4.85. The van der Waals surface area contributed by atoms with Crippen LogP contribution in [0.15, 0.2) is 53.6 Å². The highest BCUT2D eigenvalue weighted by Gasteiger charge is 2.45. The summed E-state index contributed by atoms with van der Waals surface area (Å²) in [7, 11) is -7.19. The Bertz CT molecular complexity index is 986. The van der Waals surface area contributed by atoms with E-state index in [4.69, 9.17) is 0 Å². The molecule has 6 nitrogen and oxygen atoms in total. The van der Waals surface area contributed by atoms with Crippen LogP contribution in [0.5, 0.6) is 0 Å². The third-order valence-corrected chi connectivity index (χ3v) is 9.01. The minimum Gasteiger partial charge on any atom is -0.306 e. The van der Waals surface area contributed by atoms with E-state index in [1.54, 1.807) is 36.5 Å². The zero-order valence-electron chi connectivity index (χ0n) is 15.4. The molecular weight excluding hydrogens is 384 g/mol. The number of nitrogens with one attached hydrogen (secondary N) is 1. The molecule has 0 aliphatic carbocycles. The quantitative estimate of drug-likeness (QED) is 0.785. The zero-order valence-corrected chi connectivity index (χ0v) is 17.0. The summed E-state index contributed by atoms with van der Waals surface area (Å²) in [5.74, 6) is -0.254. The molecule has 1 aromatic carbocycles. The molecule has 8 heteroatoms. The van der Waals surface area contributed by atoms with Crippen molar-refractivity contribution in [3.8, 4) is 0 Å². The Kier molecular flexibility index (Phi) is 5.69.